The summed E-state index contributed by atoms with van der Waals surface area (Å²) in [5.41, 5.74) is 1.63. The number of carbonyl (C=O) groups is 1. The number of benzene rings is 1. The molecule has 140 valence electrons. The third kappa shape index (κ3) is 7.04. The van der Waals surface area contributed by atoms with Gasteiger partial charge in [0.05, 0.1) is 0 Å². The van der Waals surface area contributed by atoms with E-state index in [0.29, 0.717) is 5.92 Å². The van der Waals surface area contributed by atoms with Crippen molar-refractivity contribution in [1.82, 2.24) is 4.90 Å². The molecule has 0 aromatic heterocycles. The Morgan fingerprint density at radius 2 is 1.88 bits per heavy atom. The number of rotatable bonds is 5. The Morgan fingerprint density at radius 1 is 1.28 bits per heavy atom. The van der Waals surface area contributed by atoms with Crippen molar-refractivity contribution in [2.24, 2.45) is 5.92 Å². The van der Waals surface area contributed by atoms with Crippen molar-refractivity contribution in [2.75, 3.05) is 24.3 Å². The monoisotopic (exact) mass is 368 g/mol. The second-order valence-electron chi connectivity index (χ2n) is 7.45. The van der Waals surface area contributed by atoms with E-state index in [1.807, 2.05) is 45.0 Å². The van der Waals surface area contributed by atoms with Crippen LogP contribution < -0.4 is 5.32 Å². The SMILES string of the molecule is CC(C)(C)OC(=O)N1CCC(Cc2ccc(NCS(=O)O)cc2)CC1. The van der Waals surface area contributed by atoms with Crippen LogP contribution >= 0.6 is 0 Å². The van der Waals surface area contributed by atoms with Crippen molar-refractivity contribution in [3.05, 3.63) is 29.8 Å². The number of amides is 1. The minimum atomic E-state index is -1.84. The summed E-state index contributed by atoms with van der Waals surface area (Å²) in [4.78, 5) is 13.9. The van der Waals surface area contributed by atoms with E-state index in [2.05, 4.69) is 5.32 Å². The predicted octanol–water partition coefficient (Wildman–Crippen LogP) is 3.47. The summed E-state index contributed by atoms with van der Waals surface area (Å²) in [5, 5.41) is 2.90. The lowest BCUT2D eigenvalue weighted by Gasteiger charge is -2.33. The summed E-state index contributed by atoms with van der Waals surface area (Å²) in [6.07, 6.45) is 2.71. The maximum absolute atomic E-state index is 12.1. The molecule has 2 rings (SSSR count). The molecule has 1 saturated heterocycles. The molecule has 1 aromatic rings. The Kier molecular flexibility index (Phi) is 6.84. The fourth-order valence-corrected chi connectivity index (χ4v) is 3.17. The number of ether oxygens (including phenoxy) is 1. The van der Waals surface area contributed by atoms with Gasteiger partial charge in [-0.05, 0) is 63.6 Å². The summed E-state index contributed by atoms with van der Waals surface area (Å²) in [7, 11) is 0. The minimum absolute atomic E-state index is 0.0302. The van der Waals surface area contributed by atoms with Crippen LogP contribution in [0, 0.1) is 5.92 Å². The van der Waals surface area contributed by atoms with Crippen LogP contribution in [0.15, 0.2) is 24.3 Å². The Labute approximate surface area is 152 Å². The normalized spacial score (nSPS) is 17.2. The highest BCUT2D eigenvalue weighted by molar-refractivity contribution is 7.79. The van der Waals surface area contributed by atoms with Crippen LogP contribution in [0.4, 0.5) is 10.5 Å². The van der Waals surface area contributed by atoms with Gasteiger partial charge in [0, 0.05) is 18.8 Å². The van der Waals surface area contributed by atoms with E-state index in [-0.39, 0.29) is 12.0 Å². The van der Waals surface area contributed by atoms with Crippen LogP contribution in [0.3, 0.4) is 0 Å². The summed E-state index contributed by atoms with van der Waals surface area (Å²) in [6.45, 7) is 7.13. The van der Waals surface area contributed by atoms with Crippen LogP contribution in [0.5, 0.6) is 0 Å². The van der Waals surface area contributed by atoms with Gasteiger partial charge in [-0.3, -0.25) is 0 Å². The topological polar surface area (TPSA) is 78.9 Å². The number of hydrogen-bond acceptors (Lipinski definition) is 4. The number of nitrogens with zero attached hydrogens (tertiary/aromatic N) is 1. The number of nitrogens with one attached hydrogen (secondary N) is 1. The lowest BCUT2D eigenvalue weighted by Crippen LogP contribution is -2.42. The van der Waals surface area contributed by atoms with Gasteiger partial charge in [0.15, 0.2) is 11.1 Å². The van der Waals surface area contributed by atoms with Gasteiger partial charge in [0.2, 0.25) is 0 Å². The van der Waals surface area contributed by atoms with E-state index in [1.54, 1.807) is 4.90 Å². The fraction of sp³-hybridized carbons (Fsp3) is 0.611. The maximum atomic E-state index is 12.1. The highest BCUT2D eigenvalue weighted by Gasteiger charge is 2.26. The van der Waals surface area contributed by atoms with Crippen molar-refractivity contribution in [3.8, 4) is 0 Å². The van der Waals surface area contributed by atoms with Crippen LogP contribution in [0.25, 0.3) is 0 Å². The first kappa shape index (κ1) is 19.7. The highest BCUT2D eigenvalue weighted by atomic mass is 32.2. The van der Waals surface area contributed by atoms with Crippen LogP contribution in [0.2, 0.25) is 0 Å². The summed E-state index contributed by atoms with van der Waals surface area (Å²) in [6, 6.07) is 7.95. The Morgan fingerprint density at radius 3 is 2.40 bits per heavy atom. The molecule has 1 atom stereocenters. The fourth-order valence-electron chi connectivity index (χ4n) is 2.88. The van der Waals surface area contributed by atoms with Crippen molar-refractivity contribution in [1.29, 1.82) is 0 Å². The zero-order valence-electron chi connectivity index (χ0n) is 15.2. The minimum Gasteiger partial charge on any atom is -0.444 e. The zero-order chi connectivity index (χ0) is 18.4. The molecule has 0 saturated carbocycles. The molecule has 0 bridgehead atoms. The molecule has 25 heavy (non-hydrogen) atoms. The lowest BCUT2D eigenvalue weighted by molar-refractivity contribution is 0.0184. The lowest BCUT2D eigenvalue weighted by atomic mass is 9.90. The van der Waals surface area contributed by atoms with Crippen molar-refractivity contribution in [3.63, 3.8) is 0 Å². The van der Waals surface area contributed by atoms with Crippen LogP contribution in [-0.4, -0.2) is 44.3 Å². The average Bonchev–Trinajstić information content (AvgIpc) is 2.53. The van der Waals surface area contributed by atoms with Crippen LogP contribution in [-0.2, 0) is 22.2 Å². The summed E-state index contributed by atoms with van der Waals surface area (Å²) >= 11 is -1.84. The molecule has 1 fully saturated rings. The molecule has 0 spiro atoms. The zero-order valence-corrected chi connectivity index (χ0v) is 16.0. The van der Waals surface area contributed by atoms with E-state index in [9.17, 15) is 9.00 Å². The largest absolute Gasteiger partial charge is 0.444 e. The van der Waals surface area contributed by atoms with E-state index >= 15 is 0 Å². The quantitative estimate of drug-likeness (QED) is 0.778. The summed E-state index contributed by atoms with van der Waals surface area (Å²) in [5.74, 6) is 0.588. The molecule has 0 aliphatic carbocycles. The molecule has 7 heteroatoms. The molecule has 1 amide bonds. The second kappa shape index (κ2) is 8.67. The van der Waals surface area contributed by atoms with Gasteiger partial charge in [-0.1, -0.05) is 12.1 Å². The van der Waals surface area contributed by atoms with Gasteiger partial charge in [-0.25, -0.2) is 9.00 Å². The van der Waals surface area contributed by atoms with E-state index in [1.165, 1.54) is 5.56 Å². The maximum Gasteiger partial charge on any atom is 0.410 e. The van der Waals surface area contributed by atoms with E-state index in [4.69, 9.17) is 9.29 Å². The molecular weight excluding hydrogens is 340 g/mol. The van der Waals surface area contributed by atoms with Gasteiger partial charge < -0.3 is 19.5 Å². The smallest absolute Gasteiger partial charge is 0.410 e. The molecule has 2 N–H and O–H groups in total. The molecule has 1 unspecified atom stereocenters. The van der Waals surface area contributed by atoms with Gasteiger partial charge in [0.1, 0.15) is 11.5 Å². The predicted molar refractivity (Wildman–Crippen MR) is 99.9 cm³/mol. The molecule has 1 heterocycles. The van der Waals surface area contributed by atoms with Gasteiger partial charge in [-0.15, -0.1) is 0 Å². The molecular formula is C18H28N2O4S. The Hall–Kier alpha value is -1.60. The third-order valence-electron chi connectivity index (χ3n) is 4.14. The average molecular weight is 368 g/mol. The highest BCUT2D eigenvalue weighted by Crippen LogP contribution is 2.23. The second-order valence-corrected chi connectivity index (χ2v) is 8.39. The Balaban J connectivity index is 1.78. The first-order chi connectivity index (χ1) is 11.7. The van der Waals surface area contributed by atoms with E-state index < -0.39 is 16.7 Å². The van der Waals surface area contributed by atoms with Gasteiger partial charge in [0.25, 0.3) is 0 Å². The molecule has 6 nitrogen and oxygen atoms in total. The first-order valence-corrected chi connectivity index (χ1v) is 9.89. The van der Waals surface area contributed by atoms with E-state index in [0.717, 1.165) is 38.0 Å². The van der Waals surface area contributed by atoms with Crippen molar-refractivity contribution in [2.45, 2.75) is 45.6 Å². The number of anilines is 1. The number of carbonyl (C=O) groups excluding carboxylic acids is 1. The van der Waals surface area contributed by atoms with Crippen molar-refractivity contribution < 1.29 is 18.3 Å². The third-order valence-corrected chi connectivity index (χ3v) is 4.54. The van der Waals surface area contributed by atoms with Crippen molar-refractivity contribution >= 4 is 22.9 Å². The first-order valence-electron chi connectivity index (χ1n) is 8.61. The number of likely N-dealkylation sites (tertiary alicyclic amines) is 1. The van der Waals surface area contributed by atoms with Crippen LogP contribution in [0.1, 0.15) is 39.2 Å². The molecule has 1 aromatic carbocycles. The van der Waals surface area contributed by atoms with Gasteiger partial charge >= 0.3 is 6.09 Å². The molecule has 1 aliphatic heterocycles. The molecule has 1 aliphatic rings. The van der Waals surface area contributed by atoms with Gasteiger partial charge in [-0.2, -0.15) is 0 Å². The standard InChI is InChI=1S/C18H28N2O4S/c1-18(2,3)24-17(21)20-10-8-15(9-11-20)12-14-4-6-16(7-5-14)19-13-25(22)23/h4-7,15,19H,8-13H2,1-3H3,(H,22,23). The number of piperidine rings is 1. The Bertz CT molecular complexity index is 590. The molecule has 0 radical (unpaired) electrons. The number of hydrogen-bond donors (Lipinski definition) is 2. The summed E-state index contributed by atoms with van der Waals surface area (Å²) < 4.78 is 24.9.